The van der Waals surface area contributed by atoms with Crippen molar-refractivity contribution in [2.45, 2.75) is 50.6 Å². The molecule has 3 N–H and O–H groups in total. The molecule has 2 unspecified atom stereocenters. The lowest BCUT2D eigenvalue weighted by Gasteiger charge is -2.39. The van der Waals surface area contributed by atoms with Crippen molar-refractivity contribution in [3.05, 3.63) is 12.4 Å². The van der Waals surface area contributed by atoms with E-state index in [2.05, 4.69) is 30.7 Å². The maximum atomic E-state index is 11.7. The zero-order valence-electron chi connectivity index (χ0n) is 16.5. The van der Waals surface area contributed by atoms with Crippen LogP contribution < -0.4 is 15.5 Å². The van der Waals surface area contributed by atoms with E-state index in [1.807, 2.05) is 0 Å². The van der Waals surface area contributed by atoms with E-state index in [0.29, 0.717) is 12.0 Å². The van der Waals surface area contributed by atoms with Crippen LogP contribution in [0.15, 0.2) is 12.4 Å². The fourth-order valence-corrected chi connectivity index (χ4v) is 5.06. The number of aromatic nitrogens is 2. The molecule has 1 aromatic heterocycles. The van der Waals surface area contributed by atoms with Gasteiger partial charge >= 0.3 is 0 Å². The smallest absolute Gasteiger partial charge is 0.234 e. The molecule has 1 amide bonds. The normalized spacial score (nSPS) is 27.3. The molecule has 0 bridgehead atoms. The van der Waals surface area contributed by atoms with Crippen LogP contribution in [-0.2, 0) is 4.79 Å². The Kier molecular flexibility index (Phi) is 5.96. The van der Waals surface area contributed by atoms with E-state index in [4.69, 9.17) is 5.73 Å². The minimum Gasteiger partial charge on any atom is -0.396 e. The molecule has 4 rings (SSSR count). The number of aliphatic hydroxyl groups excluding tert-OH is 1. The van der Waals surface area contributed by atoms with E-state index in [1.54, 1.807) is 6.33 Å². The number of hydrogen-bond acceptors (Lipinski definition) is 7. The maximum absolute atomic E-state index is 11.7. The molecule has 28 heavy (non-hydrogen) atoms. The van der Waals surface area contributed by atoms with Gasteiger partial charge in [-0.2, -0.15) is 0 Å². The fourth-order valence-electron chi connectivity index (χ4n) is 5.06. The van der Waals surface area contributed by atoms with Crippen molar-refractivity contribution in [2.24, 2.45) is 11.7 Å². The van der Waals surface area contributed by atoms with E-state index in [1.165, 1.54) is 0 Å². The number of hydrogen-bond donors (Lipinski definition) is 2. The molecule has 3 aliphatic heterocycles. The number of nitrogens with zero attached hydrogens (tertiary/aromatic N) is 5. The predicted molar refractivity (Wildman–Crippen MR) is 108 cm³/mol. The van der Waals surface area contributed by atoms with Crippen LogP contribution in [0, 0.1) is 5.92 Å². The number of anilines is 2. The average Bonchev–Trinajstić information content (AvgIpc) is 3.24. The molecule has 0 aliphatic carbocycles. The summed E-state index contributed by atoms with van der Waals surface area (Å²) in [5, 5.41) is 9.48. The number of aliphatic hydroxyl groups is 1. The first-order valence-corrected chi connectivity index (χ1v) is 10.6. The molecular weight excluding hydrogens is 356 g/mol. The Bertz CT molecular complexity index is 678. The molecule has 3 aliphatic rings. The highest BCUT2D eigenvalue weighted by atomic mass is 16.3. The zero-order chi connectivity index (χ0) is 19.5. The third-order valence-corrected chi connectivity index (χ3v) is 6.62. The fraction of sp³-hybridized carbons (Fsp3) is 0.750. The summed E-state index contributed by atoms with van der Waals surface area (Å²) in [5.41, 5.74) is 5.59. The van der Waals surface area contributed by atoms with Gasteiger partial charge in [0.05, 0.1) is 6.04 Å². The number of carbonyl (C=O) groups is 1. The van der Waals surface area contributed by atoms with Crippen LogP contribution in [0.4, 0.5) is 11.6 Å². The highest BCUT2D eigenvalue weighted by Gasteiger charge is 2.35. The quantitative estimate of drug-likeness (QED) is 0.762. The zero-order valence-corrected chi connectivity index (χ0v) is 16.5. The number of nitrogens with two attached hydrogens (primary N) is 1. The molecule has 0 spiro atoms. The van der Waals surface area contributed by atoms with Crippen LogP contribution in [0.3, 0.4) is 0 Å². The number of likely N-dealkylation sites (tertiary alicyclic amines) is 1. The number of piperidine rings is 2. The third kappa shape index (κ3) is 4.07. The SMILES string of the molecule is NC(=O)C1CCCN1C1CCN(c2cc(N3CCCC(CO)C3)ncn2)CC1. The lowest BCUT2D eigenvalue weighted by atomic mass is 9.99. The Morgan fingerprint density at radius 1 is 1.04 bits per heavy atom. The van der Waals surface area contributed by atoms with Gasteiger partial charge in [-0.1, -0.05) is 0 Å². The van der Waals surface area contributed by atoms with Crippen LogP contribution in [0.5, 0.6) is 0 Å². The van der Waals surface area contributed by atoms with Crippen LogP contribution >= 0.6 is 0 Å². The van der Waals surface area contributed by atoms with Crippen molar-refractivity contribution in [1.82, 2.24) is 14.9 Å². The minimum absolute atomic E-state index is 0.0826. The van der Waals surface area contributed by atoms with Gasteiger partial charge < -0.3 is 20.6 Å². The summed E-state index contributed by atoms with van der Waals surface area (Å²) >= 11 is 0. The summed E-state index contributed by atoms with van der Waals surface area (Å²) in [6, 6.07) is 2.44. The topological polar surface area (TPSA) is 98.8 Å². The van der Waals surface area contributed by atoms with Gasteiger partial charge in [-0.15, -0.1) is 0 Å². The first-order chi connectivity index (χ1) is 13.7. The van der Waals surface area contributed by atoms with Crippen LogP contribution in [0.25, 0.3) is 0 Å². The number of rotatable bonds is 5. The van der Waals surface area contributed by atoms with Gasteiger partial charge in [-0.25, -0.2) is 9.97 Å². The molecule has 8 nitrogen and oxygen atoms in total. The lowest BCUT2D eigenvalue weighted by molar-refractivity contribution is -0.123. The molecule has 2 atom stereocenters. The second kappa shape index (κ2) is 8.61. The van der Waals surface area contributed by atoms with Crippen LogP contribution in [-0.4, -0.2) is 77.3 Å². The molecule has 3 fully saturated rings. The lowest BCUT2D eigenvalue weighted by Crippen LogP contribution is -2.50. The summed E-state index contributed by atoms with van der Waals surface area (Å²) in [6.07, 6.45) is 7.85. The predicted octanol–water partition coefficient (Wildman–Crippen LogP) is 0.604. The molecule has 154 valence electrons. The monoisotopic (exact) mass is 388 g/mol. The Hall–Kier alpha value is -1.93. The molecule has 1 aromatic rings. The summed E-state index contributed by atoms with van der Waals surface area (Å²) < 4.78 is 0. The van der Waals surface area contributed by atoms with E-state index < -0.39 is 0 Å². The Morgan fingerprint density at radius 3 is 2.46 bits per heavy atom. The van der Waals surface area contributed by atoms with Crippen molar-refractivity contribution < 1.29 is 9.90 Å². The van der Waals surface area contributed by atoms with Gasteiger partial charge in [0.15, 0.2) is 0 Å². The second-order valence-corrected chi connectivity index (χ2v) is 8.39. The van der Waals surface area contributed by atoms with Crippen LogP contribution in [0.2, 0.25) is 0 Å². The van der Waals surface area contributed by atoms with Crippen LogP contribution in [0.1, 0.15) is 38.5 Å². The van der Waals surface area contributed by atoms with Gasteiger partial charge in [0, 0.05) is 44.9 Å². The third-order valence-electron chi connectivity index (χ3n) is 6.62. The van der Waals surface area contributed by atoms with Crippen molar-refractivity contribution >= 4 is 17.5 Å². The Morgan fingerprint density at radius 2 is 1.75 bits per heavy atom. The highest BCUT2D eigenvalue weighted by molar-refractivity contribution is 5.80. The Labute approximate surface area is 166 Å². The summed E-state index contributed by atoms with van der Waals surface area (Å²) in [6.45, 7) is 4.93. The summed E-state index contributed by atoms with van der Waals surface area (Å²) in [5.74, 6) is 2.09. The molecule has 8 heteroatoms. The maximum Gasteiger partial charge on any atom is 0.234 e. The second-order valence-electron chi connectivity index (χ2n) is 8.39. The van der Waals surface area contributed by atoms with E-state index in [0.717, 1.165) is 82.9 Å². The highest BCUT2D eigenvalue weighted by Crippen LogP contribution is 2.29. The molecule has 0 saturated carbocycles. The van der Waals surface area contributed by atoms with Gasteiger partial charge in [-0.05, 0) is 51.0 Å². The number of amides is 1. The van der Waals surface area contributed by atoms with Crippen molar-refractivity contribution in [2.75, 3.05) is 49.1 Å². The van der Waals surface area contributed by atoms with Crippen molar-refractivity contribution in [1.29, 1.82) is 0 Å². The van der Waals surface area contributed by atoms with Gasteiger partial charge in [0.1, 0.15) is 18.0 Å². The molecule has 4 heterocycles. The van der Waals surface area contributed by atoms with Crippen molar-refractivity contribution in [3.63, 3.8) is 0 Å². The largest absolute Gasteiger partial charge is 0.396 e. The first kappa shape index (κ1) is 19.4. The average molecular weight is 389 g/mol. The molecule has 3 saturated heterocycles. The molecular formula is C20H32N6O2. The minimum atomic E-state index is -0.178. The van der Waals surface area contributed by atoms with Gasteiger partial charge in [0.25, 0.3) is 0 Å². The molecule has 0 aromatic carbocycles. The number of primary amides is 1. The standard InChI is InChI=1S/C20H32N6O2/c21-20(28)17-4-2-8-26(17)16-5-9-24(10-6-16)18-11-19(23-14-22-18)25-7-1-3-15(12-25)13-27/h11,14-17,27H,1-10,12-13H2,(H2,21,28). The van der Waals surface area contributed by atoms with E-state index in [-0.39, 0.29) is 18.6 Å². The summed E-state index contributed by atoms with van der Waals surface area (Å²) in [4.78, 5) is 27.6. The van der Waals surface area contributed by atoms with Gasteiger partial charge in [0.2, 0.25) is 5.91 Å². The van der Waals surface area contributed by atoms with E-state index in [9.17, 15) is 9.90 Å². The molecule has 0 radical (unpaired) electrons. The summed E-state index contributed by atoms with van der Waals surface area (Å²) in [7, 11) is 0. The van der Waals surface area contributed by atoms with Gasteiger partial charge in [-0.3, -0.25) is 9.69 Å². The Balaban J connectivity index is 1.38. The number of carbonyl (C=O) groups excluding carboxylic acids is 1. The van der Waals surface area contributed by atoms with E-state index >= 15 is 0 Å². The van der Waals surface area contributed by atoms with Crippen molar-refractivity contribution in [3.8, 4) is 0 Å². The first-order valence-electron chi connectivity index (χ1n) is 10.6.